The molecule has 0 radical (unpaired) electrons. The molecule has 2 aliphatic rings. The highest BCUT2D eigenvalue weighted by molar-refractivity contribution is 9.10. The summed E-state index contributed by atoms with van der Waals surface area (Å²) in [5.74, 6) is 1.02. The van der Waals surface area contributed by atoms with E-state index >= 15 is 0 Å². The minimum atomic E-state index is -0.472. The lowest BCUT2D eigenvalue weighted by atomic mass is 10.1. The molecule has 3 aromatic rings. The van der Waals surface area contributed by atoms with E-state index < -0.39 is 11.8 Å². The number of hydrazine groups is 1. The van der Waals surface area contributed by atoms with Crippen LogP contribution in [0.15, 0.2) is 76.8 Å². The Kier molecular flexibility index (Phi) is 5.28. The Morgan fingerprint density at radius 1 is 1.00 bits per heavy atom. The highest BCUT2D eigenvalue weighted by atomic mass is 79.9. The average molecular weight is 493 g/mol. The van der Waals surface area contributed by atoms with Crippen LogP contribution < -0.4 is 24.6 Å². The number of carbonyl (C=O) groups is 2. The topological polar surface area (TPSA) is 77.1 Å². The Bertz CT molecular complexity index is 1240. The van der Waals surface area contributed by atoms with Crippen molar-refractivity contribution < 1.29 is 23.8 Å². The predicted molar refractivity (Wildman–Crippen MR) is 121 cm³/mol. The minimum absolute atomic E-state index is 0.0277. The second-order valence-corrected chi connectivity index (χ2v) is 8.05. The normalized spacial score (nSPS) is 15.9. The summed E-state index contributed by atoms with van der Waals surface area (Å²) in [6, 6.07) is 20.0. The van der Waals surface area contributed by atoms with Crippen molar-refractivity contribution in [3.8, 4) is 17.2 Å². The molecular formula is C24H17BrN2O5. The standard InChI is InChI=1S/C24H17BrN2O5/c25-17-7-9-20(30-13-15-6-8-21-22(10-15)32-14-31-21)16(11-17)12-19-23(28)26-27(24(19)29)18-4-2-1-3-5-18/h1-12H,13-14H2,(H,26,28)/b19-12-. The minimum Gasteiger partial charge on any atom is -0.488 e. The molecule has 5 rings (SSSR count). The maximum Gasteiger partial charge on any atom is 0.282 e. The zero-order valence-corrected chi connectivity index (χ0v) is 18.3. The summed E-state index contributed by atoms with van der Waals surface area (Å²) in [6.45, 7) is 0.491. The lowest BCUT2D eigenvalue weighted by Crippen LogP contribution is -2.35. The summed E-state index contributed by atoms with van der Waals surface area (Å²) in [7, 11) is 0. The summed E-state index contributed by atoms with van der Waals surface area (Å²) >= 11 is 3.44. The van der Waals surface area contributed by atoms with E-state index in [2.05, 4.69) is 21.4 Å². The third kappa shape index (κ3) is 3.92. The number of carbonyl (C=O) groups excluding carboxylic acids is 2. The fourth-order valence-corrected chi connectivity index (χ4v) is 3.81. The van der Waals surface area contributed by atoms with Crippen molar-refractivity contribution >= 4 is 39.5 Å². The third-order valence-electron chi connectivity index (χ3n) is 5.01. The van der Waals surface area contributed by atoms with Gasteiger partial charge in [0.1, 0.15) is 17.9 Å². The van der Waals surface area contributed by atoms with Crippen molar-refractivity contribution in [3.63, 3.8) is 0 Å². The van der Waals surface area contributed by atoms with Crippen LogP contribution >= 0.6 is 15.9 Å². The maximum atomic E-state index is 12.9. The molecule has 0 atom stereocenters. The largest absolute Gasteiger partial charge is 0.488 e. The van der Waals surface area contributed by atoms with Crippen LogP contribution in [0.4, 0.5) is 5.69 Å². The van der Waals surface area contributed by atoms with Crippen LogP contribution in [0.3, 0.4) is 0 Å². The third-order valence-corrected chi connectivity index (χ3v) is 5.50. The SMILES string of the molecule is O=C1NN(c2ccccc2)C(=O)/C1=C\c1cc(Br)ccc1OCc1ccc2c(c1)OCO2. The number of nitrogens with one attached hydrogen (secondary N) is 1. The number of anilines is 1. The van der Waals surface area contributed by atoms with Gasteiger partial charge >= 0.3 is 0 Å². The first-order valence-corrected chi connectivity index (χ1v) is 10.6. The molecule has 160 valence electrons. The van der Waals surface area contributed by atoms with Gasteiger partial charge in [-0.15, -0.1) is 0 Å². The molecule has 2 amide bonds. The number of hydrogen-bond acceptors (Lipinski definition) is 5. The van der Waals surface area contributed by atoms with Crippen molar-refractivity contribution in [1.29, 1.82) is 0 Å². The Balaban J connectivity index is 1.40. The van der Waals surface area contributed by atoms with Gasteiger partial charge < -0.3 is 14.2 Å². The van der Waals surface area contributed by atoms with E-state index in [0.717, 1.165) is 10.0 Å². The van der Waals surface area contributed by atoms with Crippen molar-refractivity contribution in [2.45, 2.75) is 6.61 Å². The monoisotopic (exact) mass is 492 g/mol. The van der Waals surface area contributed by atoms with E-state index in [1.54, 1.807) is 42.5 Å². The number of rotatable bonds is 5. The van der Waals surface area contributed by atoms with Crippen molar-refractivity contribution in [2.75, 3.05) is 11.8 Å². The second-order valence-electron chi connectivity index (χ2n) is 7.13. The maximum absolute atomic E-state index is 12.9. The Labute approximate surface area is 192 Å². The predicted octanol–water partition coefficient (Wildman–Crippen LogP) is 4.22. The van der Waals surface area contributed by atoms with Crippen molar-refractivity contribution in [2.24, 2.45) is 0 Å². The van der Waals surface area contributed by atoms with E-state index in [4.69, 9.17) is 14.2 Å². The second kappa shape index (κ2) is 8.39. The van der Waals surface area contributed by atoms with Gasteiger partial charge in [0.15, 0.2) is 11.5 Å². The Morgan fingerprint density at radius 2 is 1.81 bits per heavy atom. The summed E-state index contributed by atoms with van der Waals surface area (Å²) in [5.41, 5.74) is 4.73. The highest BCUT2D eigenvalue weighted by Crippen LogP contribution is 2.33. The first-order chi connectivity index (χ1) is 15.6. The zero-order chi connectivity index (χ0) is 22.1. The lowest BCUT2D eigenvalue weighted by Gasteiger charge is -2.14. The van der Waals surface area contributed by atoms with E-state index in [0.29, 0.717) is 28.5 Å². The molecule has 7 nitrogen and oxygen atoms in total. The molecule has 32 heavy (non-hydrogen) atoms. The molecule has 2 aliphatic heterocycles. The lowest BCUT2D eigenvalue weighted by molar-refractivity contribution is -0.117. The van der Waals surface area contributed by atoms with E-state index in [9.17, 15) is 9.59 Å². The van der Waals surface area contributed by atoms with Gasteiger partial charge in [-0.25, -0.2) is 5.01 Å². The number of hydrogen-bond donors (Lipinski definition) is 1. The molecule has 3 aromatic carbocycles. The zero-order valence-electron chi connectivity index (χ0n) is 16.7. The van der Waals surface area contributed by atoms with Crippen LogP contribution in [-0.2, 0) is 16.2 Å². The number of fused-ring (bicyclic) bond motifs is 1. The molecule has 0 unspecified atom stereocenters. The molecule has 2 heterocycles. The molecule has 0 saturated carbocycles. The molecular weight excluding hydrogens is 476 g/mol. The molecule has 1 N–H and O–H groups in total. The van der Waals surface area contributed by atoms with Gasteiger partial charge in [0.2, 0.25) is 6.79 Å². The molecule has 0 spiro atoms. The van der Waals surface area contributed by atoms with E-state index in [1.807, 2.05) is 30.3 Å². The van der Waals surface area contributed by atoms with Crippen LogP contribution in [0.25, 0.3) is 6.08 Å². The first kappa shape index (κ1) is 20.1. The van der Waals surface area contributed by atoms with Gasteiger partial charge in [0, 0.05) is 10.0 Å². The summed E-state index contributed by atoms with van der Waals surface area (Å²) < 4.78 is 17.6. The molecule has 0 aromatic heterocycles. The summed E-state index contributed by atoms with van der Waals surface area (Å²) in [6.07, 6.45) is 1.54. The Morgan fingerprint density at radius 3 is 2.66 bits per heavy atom. The van der Waals surface area contributed by atoms with Crippen LogP contribution in [-0.4, -0.2) is 18.6 Å². The van der Waals surface area contributed by atoms with E-state index in [1.165, 1.54) is 5.01 Å². The molecule has 0 bridgehead atoms. The number of nitrogens with zero attached hydrogens (tertiary/aromatic N) is 1. The Hall–Kier alpha value is -3.78. The van der Waals surface area contributed by atoms with Gasteiger partial charge in [0.25, 0.3) is 11.8 Å². The average Bonchev–Trinajstić information content (AvgIpc) is 3.38. The summed E-state index contributed by atoms with van der Waals surface area (Å²) in [5, 5.41) is 1.24. The van der Waals surface area contributed by atoms with E-state index in [-0.39, 0.29) is 19.0 Å². The highest BCUT2D eigenvalue weighted by Gasteiger charge is 2.34. The molecule has 0 aliphatic carbocycles. The van der Waals surface area contributed by atoms with Crippen LogP contribution in [0.1, 0.15) is 11.1 Å². The van der Waals surface area contributed by atoms with Gasteiger partial charge in [-0.3, -0.25) is 15.0 Å². The molecule has 8 heteroatoms. The number of ether oxygens (including phenoxy) is 3. The molecule has 1 fully saturated rings. The summed E-state index contributed by atoms with van der Waals surface area (Å²) in [4.78, 5) is 25.4. The van der Waals surface area contributed by atoms with Crippen LogP contribution in [0.5, 0.6) is 17.2 Å². The van der Waals surface area contributed by atoms with Crippen LogP contribution in [0.2, 0.25) is 0 Å². The van der Waals surface area contributed by atoms with Crippen LogP contribution in [0, 0.1) is 0 Å². The van der Waals surface area contributed by atoms with Crippen molar-refractivity contribution in [3.05, 3.63) is 87.9 Å². The molecule has 1 saturated heterocycles. The van der Waals surface area contributed by atoms with Gasteiger partial charge in [-0.1, -0.05) is 40.2 Å². The quantitative estimate of drug-likeness (QED) is 0.426. The van der Waals surface area contributed by atoms with Gasteiger partial charge in [0.05, 0.1) is 5.69 Å². The number of para-hydroxylation sites is 1. The van der Waals surface area contributed by atoms with Crippen molar-refractivity contribution in [1.82, 2.24) is 5.43 Å². The number of halogens is 1. The van der Waals surface area contributed by atoms with Gasteiger partial charge in [-0.05, 0) is 54.1 Å². The fourth-order valence-electron chi connectivity index (χ4n) is 3.43. The first-order valence-electron chi connectivity index (χ1n) is 9.81. The number of benzene rings is 3. The van der Waals surface area contributed by atoms with Gasteiger partial charge in [-0.2, -0.15) is 0 Å². The smallest absolute Gasteiger partial charge is 0.282 e. The fraction of sp³-hybridized carbons (Fsp3) is 0.0833. The number of amides is 2.